The van der Waals surface area contributed by atoms with Gasteiger partial charge in [0.2, 0.25) is 10.0 Å². The number of aliphatic hydroxyl groups excluding tert-OH is 1. The van der Waals surface area contributed by atoms with Crippen LogP contribution in [0.25, 0.3) is 0 Å². The Balaban J connectivity index is 2.46. The second-order valence-electron chi connectivity index (χ2n) is 4.20. The number of hydrogen-bond donors (Lipinski definition) is 1. The maximum absolute atomic E-state index is 12.4. The largest absolute Gasteiger partial charge is 0.395 e. The molecule has 0 aliphatic carbocycles. The van der Waals surface area contributed by atoms with E-state index >= 15 is 0 Å². The van der Waals surface area contributed by atoms with Gasteiger partial charge in [-0.2, -0.15) is 9.57 Å². The van der Waals surface area contributed by atoms with Crippen molar-refractivity contribution >= 4 is 10.0 Å². The van der Waals surface area contributed by atoms with E-state index in [0.717, 1.165) is 6.42 Å². The molecule has 2 rings (SSSR count). The lowest BCUT2D eigenvalue weighted by molar-refractivity contribution is 0.213. The zero-order chi connectivity index (χ0) is 13.2. The van der Waals surface area contributed by atoms with E-state index in [1.807, 2.05) is 6.07 Å². The molecule has 1 N–H and O–H groups in total. The van der Waals surface area contributed by atoms with Crippen molar-refractivity contribution in [1.29, 1.82) is 5.26 Å². The Bertz CT molecular complexity index is 577. The number of rotatable bonds is 3. The fourth-order valence-corrected chi connectivity index (χ4v) is 4.05. The van der Waals surface area contributed by atoms with Gasteiger partial charge in [-0.3, -0.25) is 0 Å². The van der Waals surface area contributed by atoms with E-state index in [-0.39, 0.29) is 23.1 Å². The maximum atomic E-state index is 12.4. The van der Waals surface area contributed by atoms with Crippen molar-refractivity contribution in [2.75, 3.05) is 13.2 Å². The topological polar surface area (TPSA) is 81.4 Å². The summed E-state index contributed by atoms with van der Waals surface area (Å²) < 4.78 is 26.2. The predicted molar refractivity (Wildman–Crippen MR) is 65.2 cm³/mol. The Kier molecular flexibility index (Phi) is 3.66. The molecule has 1 saturated heterocycles. The molecular formula is C12H14N2O3S. The second kappa shape index (κ2) is 5.06. The molecule has 1 aliphatic rings. The summed E-state index contributed by atoms with van der Waals surface area (Å²) in [6.07, 6.45) is 1.39. The van der Waals surface area contributed by atoms with Gasteiger partial charge in [0.15, 0.2) is 0 Å². The van der Waals surface area contributed by atoms with Crippen molar-refractivity contribution in [3.63, 3.8) is 0 Å². The van der Waals surface area contributed by atoms with Gasteiger partial charge in [-0.1, -0.05) is 12.1 Å². The normalized spacial score (nSPS) is 20.8. The molecule has 0 amide bonds. The molecule has 1 fully saturated rings. The van der Waals surface area contributed by atoms with Crippen molar-refractivity contribution in [3.8, 4) is 6.07 Å². The Hall–Kier alpha value is -1.42. The zero-order valence-corrected chi connectivity index (χ0v) is 10.6. The maximum Gasteiger partial charge on any atom is 0.244 e. The molecule has 0 saturated carbocycles. The molecule has 1 atom stereocenters. The summed E-state index contributed by atoms with van der Waals surface area (Å²) in [6, 6.07) is 7.66. The van der Waals surface area contributed by atoms with Crippen LogP contribution in [0.3, 0.4) is 0 Å². The molecule has 0 bridgehead atoms. The SMILES string of the molecule is N#Cc1ccccc1S(=O)(=O)N1CCC[C@@H]1CO. The van der Waals surface area contributed by atoms with Crippen LogP contribution in [0.2, 0.25) is 0 Å². The summed E-state index contributed by atoms with van der Waals surface area (Å²) in [6.45, 7) is 0.210. The molecular weight excluding hydrogens is 252 g/mol. The molecule has 96 valence electrons. The van der Waals surface area contributed by atoms with Gasteiger partial charge in [-0.05, 0) is 25.0 Å². The molecule has 1 aromatic rings. The fourth-order valence-electron chi connectivity index (χ4n) is 2.22. The quantitative estimate of drug-likeness (QED) is 0.873. The van der Waals surface area contributed by atoms with Gasteiger partial charge in [0.25, 0.3) is 0 Å². The van der Waals surface area contributed by atoms with Crippen LogP contribution in [-0.4, -0.2) is 37.0 Å². The van der Waals surface area contributed by atoms with Crippen molar-refractivity contribution in [1.82, 2.24) is 4.31 Å². The van der Waals surface area contributed by atoms with Crippen LogP contribution in [0.4, 0.5) is 0 Å². The zero-order valence-electron chi connectivity index (χ0n) is 9.78. The first-order valence-corrected chi connectivity index (χ1v) is 7.17. The minimum absolute atomic E-state index is 0.0212. The predicted octanol–water partition coefficient (Wildman–Crippen LogP) is 0.704. The number of hydrogen-bond acceptors (Lipinski definition) is 4. The first-order valence-electron chi connectivity index (χ1n) is 5.73. The molecule has 0 spiro atoms. The molecule has 1 aromatic carbocycles. The molecule has 0 radical (unpaired) electrons. The van der Waals surface area contributed by atoms with E-state index in [9.17, 15) is 13.5 Å². The molecule has 1 heterocycles. The molecule has 1 aliphatic heterocycles. The van der Waals surface area contributed by atoms with Crippen LogP contribution < -0.4 is 0 Å². The van der Waals surface area contributed by atoms with E-state index in [1.54, 1.807) is 12.1 Å². The number of aliphatic hydroxyl groups is 1. The van der Waals surface area contributed by atoms with E-state index in [4.69, 9.17) is 5.26 Å². The van der Waals surface area contributed by atoms with Crippen molar-refractivity contribution in [2.45, 2.75) is 23.8 Å². The lowest BCUT2D eigenvalue weighted by Gasteiger charge is -2.22. The van der Waals surface area contributed by atoms with Crippen LogP contribution in [0, 0.1) is 11.3 Å². The summed E-state index contributed by atoms with van der Waals surface area (Å²) in [4.78, 5) is 0.0212. The average molecular weight is 266 g/mol. The van der Waals surface area contributed by atoms with Crippen molar-refractivity contribution in [2.24, 2.45) is 0 Å². The van der Waals surface area contributed by atoms with Crippen molar-refractivity contribution < 1.29 is 13.5 Å². The van der Waals surface area contributed by atoms with E-state index in [2.05, 4.69) is 0 Å². The van der Waals surface area contributed by atoms with E-state index in [0.29, 0.717) is 13.0 Å². The lowest BCUT2D eigenvalue weighted by Crippen LogP contribution is -2.37. The van der Waals surface area contributed by atoms with Gasteiger partial charge in [0.05, 0.1) is 17.1 Å². The van der Waals surface area contributed by atoms with Crippen LogP contribution in [0.5, 0.6) is 0 Å². The number of nitrogens with zero attached hydrogens (tertiary/aromatic N) is 2. The van der Waals surface area contributed by atoms with Crippen LogP contribution >= 0.6 is 0 Å². The van der Waals surface area contributed by atoms with Gasteiger partial charge < -0.3 is 5.11 Å². The Morgan fingerprint density at radius 2 is 2.17 bits per heavy atom. The Morgan fingerprint density at radius 1 is 1.44 bits per heavy atom. The molecule has 18 heavy (non-hydrogen) atoms. The monoisotopic (exact) mass is 266 g/mol. The third-order valence-corrected chi connectivity index (χ3v) is 5.14. The molecule has 6 heteroatoms. The van der Waals surface area contributed by atoms with Gasteiger partial charge >= 0.3 is 0 Å². The third kappa shape index (κ3) is 2.12. The highest BCUT2D eigenvalue weighted by atomic mass is 32.2. The van der Waals surface area contributed by atoms with Gasteiger partial charge in [0, 0.05) is 12.6 Å². The Morgan fingerprint density at radius 3 is 2.83 bits per heavy atom. The van der Waals surface area contributed by atoms with E-state index in [1.165, 1.54) is 16.4 Å². The summed E-state index contributed by atoms with van der Waals surface area (Å²) in [7, 11) is -3.69. The van der Waals surface area contributed by atoms with Crippen LogP contribution in [0.15, 0.2) is 29.2 Å². The summed E-state index contributed by atoms with van der Waals surface area (Å²) in [5.74, 6) is 0. The van der Waals surface area contributed by atoms with Gasteiger partial charge in [0.1, 0.15) is 6.07 Å². The van der Waals surface area contributed by atoms with Crippen LogP contribution in [0.1, 0.15) is 18.4 Å². The first kappa shape index (κ1) is 13.0. The smallest absolute Gasteiger partial charge is 0.244 e. The van der Waals surface area contributed by atoms with Gasteiger partial charge in [-0.15, -0.1) is 0 Å². The van der Waals surface area contributed by atoms with Crippen LogP contribution in [-0.2, 0) is 10.0 Å². The molecule has 0 unspecified atom stereocenters. The molecule has 0 aromatic heterocycles. The highest BCUT2D eigenvalue weighted by Crippen LogP contribution is 2.27. The van der Waals surface area contributed by atoms with E-state index < -0.39 is 10.0 Å². The first-order chi connectivity index (χ1) is 8.61. The second-order valence-corrected chi connectivity index (χ2v) is 6.06. The summed E-state index contributed by atoms with van der Waals surface area (Å²) >= 11 is 0. The Labute approximate surface area is 106 Å². The molecule has 5 nitrogen and oxygen atoms in total. The van der Waals surface area contributed by atoms with Crippen molar-refractivity contribution in [3.05, 3.63) is 29.8 Å². The highest BCUT2D eigenvalue weighted by molar-refractivity contribution is 7.89. The summed E-state index contributed by atoms with van der Waals surface area (Å²) in [5, 5.41) is 18.2. The number of benzene rings is 1. The minimum Gasteiger partial charge on any atom is -0.395 e. The number of nitriles is 1. The highest BCUT2D eigenvalue weighted by Gasteiger charge is 2.35. The average Bonchev–Trinajstić information content (AvgIpc) is 2.87. The lowest BCUT2D eigenvalue weighted by atomic mass is 10.2. The summed E-state index contributed by atoms with van der Waals surface area (Å²) in [5.41, 5.74) is 0.140. The van der Waals surface area contributed by atoms with Gasteiger partial charge in [-0.25, -0.2) is 8.42 Å². The third-order valence-electron chi connectivity index (χ3n) is 3.13. The fraction of sp³-hybridized carbons (Fsp3) is 0.417. The minimum atomic E-state index is -3.69. The standard InChI is InChI=1S/C12H14N2O3S/c13-8-10-4-1-2-6-12(10)18(16,17)14-7-3-5-11(14)9-15/h1-2,4,6,11,15H,3,5,7,9H2/t11-/m1/s1. The number of sulfonamides is 1.